The normalized spacial score (nSPS) is 28.6. The molecule has 0 amide bonds. The molecule has 0 spiro atoms. The van der Waals surface area contributed by atoms with Crippen molar-refractivity contribution < 1.29 is 4.74 Å². The van der Waals surface area contributed by atoms with E-state index >= 15 is 0 Å². The molecule has 3 atom stereocenters. The average Bonchev–Trinajstić information content (AvgIpc) is 2.61. The van der Waals surface area contributed by atoms with Gasteiger partial charge in [-0.25, -0.2) is 0 Å². The lowest BCUT2D eigenvalue weighted by Crippen LogP contribution is -2.39. The highest BCUT2D eigenvalue weighted by atomic mass is 16.5. The van der Waals surface area contributed by atoms with Crippen LogP contribution >= 0.6 is 0 Å². The summed E-state index contributed by atoms with van der Waals surface area (Å²) >= 11 is 0. The molecular weight excluding hydrogens is 188 g/mol. The fourth-order valence-corrected chi connectivity index (χ4v) is 2.08. The van der Waals surface area contributed by atoms with Crippen molar-refractivity contribution in [2.45, 2.75) is 39.3 Å². The summed E-state index contributed by atoms with van der Waals surface area (Å²) < 4.78 is 5.55. The standard InChI is InChI=1S/C12H26N2O/c1-5-14(4)8-10(2)13-7-12-6-11(3)15-9-12/h10-13H,5-9H2,1-4H3. The number of likely N-dealkylation sites (N-methyl/N-ethyl adjacent to an activating group) is 1. The molecule has 1 aliphatic heterocycles. The van der Waals surface area contributed by atoms with Crippen molar-refractivity contribution >= 4 is 0 Å². The number of hydrogen-bond donors (Lipinski definition) is 1. The molecule has 1 aliphatic rings. The van der Waals surface area contributed by atoms with E-state index in [2.05, 4.69) is 38.0 Å². The van der Waals surface area contributed by atoms with Crippen LogP contribution in [0.1, 0.15) is 27.2 Å². The van der Waals surface area contributed by atoms with Gasteiger partial charge in [-0.15, -0.1) is 0 Å². The van der Waals surface area contributed by atoms with E-state index < -0.39 is 0 Å². The second kappa shape index (κ2) is 6.46. The molecule has 0 aromatic heterocycles. The Morgan fingerprint density at radius 3 is 2.80 bits per heavy atom. The molecule has 90 valence electrons. The van der Waals surface area contributed by atoms with Crippen molar-refractivity contribution in [2.75, 3.05) is 33.3 Å². The van der Waals surface area contributed by atoms with E-state index in [0.29, 0.717) is 12.1 Å². The molecule has 0 radical (unpaired) electrons. The van der Waals surface area contributed by atoms with E-state index in [4.69, 9.17) is 4.74 Å². The second-order valence-corrected chi connectivity index (χ2v) is 4.91. The Morgan fingerprint density at radius 2 is 2.27 bits per heavy atom. The topological polar surface area (TPSA) is 24.5 Å². The van der Waals surface area contributed by atoms with Crippen LogP contribution in [0.5, 0.6) is 0 Å². The number of rotatable bonds is 6. The van der Waals surface area contributed by atoms with E-state index in [9.17, 15) is 0 Å². The quantitative estimate of drug-likeness (QED) is 0.722. The summed E-state index contributed by atoms with van der Waals surface area (Å²) in [6, 6.07) is 0.575. The first-order chi connectivity index (χ1) is 7.11. The Labute approximate surface area is 94.2 Å². The minimum atomic E-state index is 0.463. The second-order valence-electron chi connectivity index (χ2n) is 4.91. The van der Waals surface area contributed by atoms with Crippen molar-refractivity contribution in [3.8, 4) is 0 Å². The van der Waals surface area contributed by atoms with E-state index in [1.54, 1.807) is 0 Å². The third-order valence-electron chi connectivity index (χ3n) is 3.16. The van der Waals surface area contributed by atoms with Gasteiger partial charge in [0, 0.05) is 19.1 Å². The number of nitrogens with one attached hydrogen (secondary N) is 1. The van der Waals surface area contributed by atoms with Crippen LogP contribution in [0.25, 0.3) is 0 Å². The molecule has 3 unspecified atom stereocenters. The van der Waals surface area contributed by atoms with E-state index in [-0.39, 0.29) is 0 Å². The summed E-state index contributed by atoms with van der Waals surface area (Å²) in [5.41, 5.74) is 0. The molecule has 1 saturated heterocycles. The molecule has 15 heavy (non-hydrogen) atoms. The van der Waals surface area contributed by atoms with Crippen LogP contribution in [0.4, 0.5) is 0 Å². The first-order valence-electron chi connectivity index (χ1n) is 6.15. The largest absolute Gasteiger partial charge is 0.378 e. The number of hydrogen-bond acceptors (Lipinski definition) is 3. The molecule has 1 N–H and O–H groups in total. The monoisotopic (exact) mass is 214 g/mol. The average molecular weight is 214 g/mol. The molecule has 0 bridgehead atoms. The van der Waals surface area contributed by atoms with Gasteiger partial charge in [0.15, 0.2) is 0 Å². The number of ether oxygens (including phenoxy) is 1. The van der Waals surface area contributed by atoms with Crippen molar-refractivity contribution in [3.63, 3.8) is 0 Å². The summed E-state index contributed by atoms with van der Waals surface area (Å²) in [6.45, 7) is 10.9. The first-order valence-corrected chi connectivity index (χ1v) is 6.15. The molecule has 3 nitrogen and oxygen atoms in total. The van der Waals surface area contributed by atoms with E-state index in [1.807, 2.05) is 0 Å². The predicted molar refractivity (Wildman–Crippen MR) is 64.2 cm³/mol. The smallest absolute Gasteiger partial charge is 0.0551 e. The zero-order valence-corrected chi connectivity index (χ0v) is 10.6. The molecule has 1 fully saturated rings. The Hall–Kier alpha value is -0.120. The van der Waals surface area contributed by atoms with Crippen LogP contribution in [0.15, 0.2) is 0 Å². The van der Waals surface area contributed by atoms with Crippen LogP contribution in [0.3, 0.4) is 0 Å². The number of nitrogens with zero attached hydrogens (tertiary/aromatic N) is 1. The SMILES string of the molecule is CCN(C)CC(C)NCC1COC(C)C1. The van der Waals surface area contributed by atoms with Gasteiger partial charge < -0.3 is 15.0 Å². The summed E-state index contributed by atoms with van der Waals surface area (Å²) in [7, 11) is 2.17. The highest BCUT2D eigenvalue weighted by molar-refractivity contribution is 4.74. The van der Waals surface area contributed by atoms with Gasteiger partial charge in [0.2, 0.25) is 0 Å². The fourth-order valence-electron chi connectivity index (χ4n) is 2.08. The molecule has 1 rings (SSSR count). The van der Waals surface area contributed by atoms with Gasteiger partial charge in [-0.3, -0.25) is 0 Å². The summed E-state index contributed by atoms with van der Waals surface area (Å²) in [6.07, 6.45) is 1.67. The third kappa shape index (κ3) is 4.96. The zero-order valence-electron chi connectivity index (χ0n) is 10.6. The van der Waals surface area contributed by atoms with E-state index in [1.165, 1.54) is 6.42 Å². The highest BCUT2D eigenvalue weighted by Crippen LogP contribution is 2.17. The highest BCUT2D eigenvalue weighted by Gasteiger charge is 2.21. The Balaban J connectivity index is 2.08. The molecule has 0 aromatic carbocycles. The van der Waals surface area contributed by atoms with Gasteiger partial charge in [-0.05, 0) is 39.8 Å². The maximum Gasteiger partial charge on any atom is 0.0551 e. The maximum atomic E-state index is 5.55. The van der Waals surface area contributed by atoms with Gasteiger partial charge in [0.05, 0.1) is 12.7 Å². The minimum Gasteiger partial charge on any atom is -0.378 e. The van der Waals surface area contributed by atoms with Crippen molar-refractivity contribution in [2.24, 2.45) is 5.92 Å². The van der Waals surface area contributed by atoms with Crippen LogP contribution < -0.4 is 5.32 Å². The van der Waals surface area contributed by atoms with Crippen LogP contribution in [-0.2, 0) is 4.74 Å². The molecular formula is C12H26N2O. The van der Waals surface area contributed by atoms with Crippen molar-refractivity contribution in [3.05, 3.63) is 0 Å². The first kappa shape index (κ1) is 12.9. The zero-order chi connectivity index (χ0) is 11.3. The van der Waals surface area contributed by atoms with Gasteiger partial charge in [-0.1, -0.05) is 6.92 Å². The molecule has 1 heterocycles. The van der Waals surface area contributed by atoms with Crippen LogP contribution in [0, 0.1) is 5.92 Å². The predicted octanol–water partition coefficient (Wildman–Crippen LogP) is 1.34. The lowest BCUT2D eigenvalue weighted by Gasteiger charge is -2.22. The Kier molecular flexibility index (Phi) is 5.58. The van der Waals surface area contributed by atoms with Gasteiger partial charge in [0.1, 0.15) is 0 Å². The lowest BCUT2D eigenvalue weighted by molar-refractivity contribution is 0.119. The summed E-state index contributed by atoms with van der Waals surface area (Å²) in [5.74, 6) is 0.717. The van der Waals surface area contributed by atoms with Gasteiger partial charge >= 0.3 is 0 Å². The third-order valence-corrected chi connectivity index (χ3v) is 3.16. The summed E-state index contributed by atoms with van der Waals surface area (Å²) in [4.78, 5) is 2.34. The van der Waals surface area contributed by atoms with Crippen LogP contribution in [0.2, 0.25) is 0 Å². The minimum absolute atomic E-state index is 0.463. The fraction of sp³-hybridized carbons (Fsp3) is 1.00. The summed E-state index contributed by atoms with van der Waals surface area (Å²) in [5, 5.41) is 3.59. The Morgan fingerprint density at radius 1 is 1.53 bits per heavy atom. The van der Waals surface area contributed by atoms with Gasteiger partial charge in [0.25, 0.3) is 0 Å². The maximum absolute atomic E-state index is 5.55. The van der Waals surface area contributed by atoms with Crippen LogP contribution in [-0.4, -0.2) is 50.3 Å². The van der Waals surface area contributed by atoms with Gasteiger partial charge in [-0.2, -0.15) is 0 Å². The molecule has 3 heteroatoms. The Bertz CT molecular complexity index is 175. The molecule has 0 aliphatic carbocycles. The molecule has 0 aromatic rings. The van der Waals surface area contributed by atoms with Crippen molar-refractivity contribution in [1.29, 1.82) is 0 Å². The molecule has 0 saturated carbocycles. The van der Waals surface area contributed by atoms with Crippen molar-refractivity contribution in [1.82, 2.24) is 10.2 Å². The lowest BCUT2D eigenvalue weighted by atomic mass is 10.1. The van der Waals surface area contributed by atoms with E-state index in [0.717, 1.165) is 32.2 Å².